The third-order valence-corrected chi connectivity index (χ3v) is 4.64. The molecule has 0 aliphatic carbocycles. The first-order chi connectivity index (χ1) is 9.83. The first-order valence-electron chi connectivity index (χ1n) is 5.85. The fraction of sp³-hybridized carbons (Fsp3) is 0.0769. The van der Waals surface area contributed by atoms with E-state index in [1.165, 1.54) is 18.3 Å². The summed E-state index contributed by atoms with van der Waals surface area (Å²) in [5, 5.41) is 0.305. The SMILES string of the molecule is Cc1cccc(Cl)c1NS(=O)(=O)c1cccnc1C(N)=S. The number of nitrogens with zero attached hydrogens (tertiary/aromatic N) is 1. The predicted molar refractivity (Wildman–Crippen MR) is 87.1 cm³/mol. The Balaban J connectivity index is 2.52. The van der Waals surface area contributed by atoms with Crippen molar-refractivity contribution >= 4 is 44.5 Å². The summed E-state index contributed by atoms with van der Waals surface area (Å²) < 4.78 is 27.5. The number of para-hydroxylation sites is 1. The Morgan fingerprint density at radius 3 is 2.67 bits per heavy atom. The zero-order valence-electron chi connectivity index (χ0n) is 11.0. The summed E-state index contributed by atoms with van der Waals surface area (Å²) >= 11 is 10.9. The summed E-state index contributed by atoms with van der Waals surface area (Å²) in [5.41, 5.74) is 6.58. The van der Waals surface area contributed by atoms with Gasteiger partial charge in [-0.25, -0.2) is 8.42 Å². The summed E-state index contributed by atoms with van der Waals surface area (Å²) in [7, 11) is -3.90. The lowest BCUT2D eigenvalue weighted by atomic mass is 10.2. The molecule has 0 fully saturated rings. The second-order valence-corrected chi connectivity index (χ2v) is 6.75. The Kier molecular flexibility index (Phi) is 4.46. The standard InChI is InChI=1S/C13H12ClN3O2S2/c1-8-4-2-5-9(14)11(8)17-21(18,19)10-6-3-7-16-12(10)13(15)20/h2-7,17H,1H3,(H2,15,20). The highest BCUT2D eigenvalue weighted by molar-refractivity contribution is 7.93. The van der Waals surface area contributed by atoms with Gasteiger partial charge in [-0.05, 0) is 30.7 Å². The monoisotopic (exact) mass is 341 g/mol. The lowest BCUT2D eigenvalue weighted by molar-refractivity contribution is 0.600. The van der Waals surface area contributed by atoms with Gasteiger partial charge in [0.25, 0.3) is 10.0 Å². The van der Waals surface area contributed by atoms with Gasteiger partial charge >= 0.3 is 0 Å². The van der Waals surface area contributed by atoms with Crippen LogP contribution in [0.1, 0.15) is 11.3 Å². The van der Waals surface area contributed by atoms with Gasteiger partial charge < -0.3 is 5.73 Å². The van der Waals surface area contributed by atoms with Crippen molar-refractivity contribution in [2.75, 3.05) is 4.72 Å². The molecule has 1 aromatic heterocycles. The van der Waals surface area contributed by atoms with Gasteiger partial charge in [0.2, 0.25) is 0 Å². The quantitative estimate of drug-likeness (QED) is 0.834. The van der Waals surface area contributed by atoms with Crippen molar-refractivity contribution in [2.45, 2.75) is 11.8 Å². The van der Waals surface area contributed by atoms with Crippen LogP contribution in [0.15, 0.2) is 41.4 Å². The average molecular weight is 342 g/mol. The van der Waals surface area contributed by atoms with E-state index in [9.17, 15) is 8.42 Å². The van der Waals surface area contributed by atoms with E-state index in [-0.39, 0.29) is 15.6 Å². The number of sulfonamides is 1. The zero-order chi connectivity index (χ0) is 15.6. The highest BCUT2D eigenvalue weighted by Gasteiger charge is 2.22. The lowest BCUT2D eigenvalue weighted by Crippen LogP contribution is -2.21. The number of hydrogen-bond donors (Lipinski definition) is 2. The van der Waals surface area contributed by atoms with Crippen LogP contribution in [-0.2, 0) is 10.0 Å². The van der Waals surface area contributed by atoms with E-state index in [0.717, 1.165) is 0 Å². The van der Waals surface area contributed by atoms with E-state index >= 15 is 0 Å². The number of anilines is 1. The normalized spacial score (nSPS) is 11.1. The first-order valence-corrected chi connectivity index (χ1v) is 8.12. The van der Waals surface area contributed by atoms with Gasteiger partial charge in [0.05, 0.1) is 10.7 Å². The maximum atomic E-state index is 12.5. The molecule has 0 saturated heterocycles. The van der Waals surface area contributed by atoms with Gasteiger partial charge in [-0.1, -0.05) is 36.0 Å². The fourth-order valence-corrected chi connectivity index (χ4v) is 3.62. The van der Waals surface area contributed by atoms with E-state index in [2.05, 4.69) is 9.71 Å². The van der Waals surface area contributed by atoms with E-state index < -0.39 is 10.0 Å². The Morgan fingerprint density at radius 2 is 2.05 bits per heavy atom. The van der Waals surface area contributed by atoms with E-state index in [1.807, 2.05) is 0 Å². The van der Waals surface area contributed by atoms with Crippen molar-refractivity contribution in [1.29, 1.82) is 0 Å². The summed E-state index contributed by atoms with van der Waals surface area (Å²) in [5.74, 6) is 0. The number of aryl methyl sites for hydroxylation is 1. The number of halogens is 1. The minimum absolute atomic E-state index is 0.0460. The minimum atomic E-state index is -3.90. The predicted octanol–water partition coefficient (Wildman–Crippen LogP) is 2.48. The Labute approximate surface area is 133 Å². The van der Waals surface area contributed by atoms with Crippen molar-refractivity contribution in [3.05, 3.63) is 52.8 Å². The molecule has 3 N–H and O–H groups in total. The molecular weight excluding hydrogens is 330 g/mol. The van der Waals surface area contributed by atoms with Crippen LogP contribution in [0.4, 0.5) is 5.69 Å². The molecule has 2 rings (SSSR count). The average Bonchev–Trinajstić information content (AvgIpc) is 2.43. The van der Waals surface area contributed by atoms with Crippen LogP contribution in [0.2, 0.25) is 5.02 Å². The smallest absolute Gasteiger partial charge is 0.264 e. The van der Waals surface area contributed by atoms with Crippen LogP contribution in [0.5, 0.6) is 0 Å². The summed E-state index contributed by atoms with van der Waals surface area (Å²) in [6.07, 6.45) is 1.42. The number of benzene rings is 1. The van der Waals surface area contributed by atoms with Crippen molar-refractivity contribution in [2.24, 2.45) is 5.73 Å². The summed E-state index contributed by atoms with van der Waals surface area (Å²) in [6, 6.07) is 7.97. The van der Waals surface area contributed by atoms with E-state index in [1.54, 1.807) is 25.1 Å². The number of hydrogen-bond acceptors (Lipinski definition) is 4. The molecule has 1 aromatic carbocycles. The van der Waals surface area contributed by atoms with Crippen molar-refractivity contribution in [1.82, 2.24) is 4.98 Å². The van der Waals surface area contributed by atoms with Gasteiger partial charge in [-0.2, -0.15) is 0 Å². The Morgan fingerprint density at radius 1 is 1.33 bits per heavy atom. The molecule has 1 heterocycles. The maximum absolute atomic E-state index is 12.5. The third-order valence-electron chi connectivity index (χ3n) is 2.75. The molecule has 0 aliphatic heterocycles. The number of aromatic nitrogens is 1. The molecular formula is C13H12ClN3O2S2. The molecule has 5 nitrogen and oxygen atoms in total. The van der Waals surface area contributed by atoms with Crippen LogP contribution in [0.25, 0.3) is 0 Å². The van der Waals surface area contributed by atoms with Crippen LogP contribution < -0.4 is 10.5 Å². The highest BCUT2D eigenvalue weighted by atomic mass is 35.5. The lowest BCUT2D eigenvalue weighted by Gasteiger charge is -2.13. The maximum Gasteiger partial charge on any atom is 0.264 e. The Hall–Kier alpha value is -1.70. The number of nitrogens with one attached hydrogen (secondary N) is 1. The van der Waals surface area contributed by atoms with Gasteiger partial charge in [0, 0.05) is 6.20 Å². The third kappa shape index (κ3) is 3.31. The number of nitrogens with two attached hydrogens (primary N) is 1. The summed E-state index contributed by atoms with van der Waals surface area (Å²) in [6.45, 7) is 1.75. The summed E-state index contributed by atoms with van der Waals surface area (Å²) in [4.78, 5) is 3.74. The van der Waals surface area contributed by atoms with Crippen LogP contribution in [0.3, 0.4) is 0 Å². The van der Waals surface area contributed by atoms with Gasteiger partial charge in [-0.3, -0.25) is 9.71 Å². The molecule has 0 unspecified atom stereocenters. The molecule has 110 valence electrons. The van der Waals surface area contributed by atoms with Crippen LogP contribution >= 0.6 is 23.8 Å². The molecule has 0 amide bonds. The second kappa shape index (κ2) is 5.97. The van der Waals surface area contributed by atoms with Crippen LogP contribution in [0, 0.1) is 6.92 Å². The molecule has 0 aliphatic rings. The molecule has 0 saturated carbocycles. The molecule has 8 heteroatoms. The molecule has 21 heavy (non-hydrogen) atoms. The van der Waals surface area contributed by atoms with Gasteiger partial charge in [0.1, 0.15) is 15.6 Å². The van der Waals surface area contributed by atoms with E-state index in [4.69, 9.17) is 29.6 Å². The van der Waals surface area contributed by atoms with Gasteiger partial charge in [-0.15, -0.1) is 0 Å². The molecule has 0 bridgehead atoms. The fourth-order valence-electron chi connectivity index (χ4n) is 1.74. The number of thiocarbonyl (C=S) groups is 1. The van der Waals surface area contributed by atoms with Crippen LogP contribution in [-0.4, -0.2) is 18.4 Å². The van der Waals surface area contributed by atoms with Gasteiger partial charge in [0.15, 0.2) is 0 Å². The molecule has 0 radical (unpaired) electrons. The Bertz CT molecular complexity index is 787. The first kappa shape index (κ1) is 15.7. The minimum Gasteiger partial charge on any atom is -0.388 e. The molecule has 0 spiro atoms. The second-order valence-electron chi connectivity index (χ2n) is 4.25. The van der Waals surface area contributed by atoms with Crippen molar-refractivity contribution in [3.63, 3.8) is 0 Å². The largest absolute Gasteiger partial charge is 0.388 e. The zero-order valence-corrected chi connectivity index (χ0v) is 13.4. The van der Waals surface area contributed by atoms with Crippen molar-refractivity contribution in [3.8, 4) is 0 Å². The molecule has 0 atom stereocenters. The molecule has 2 aromatic rings. The number of pyridine rings is 1. The number of rotatable bonds is 4. The van der Waals surface area contributed by atoms with E-state index in [0.29, 0.717) is 16.3 Å². The topological polar surface area (TPSA) is 85.1 Å². The van der Waals surface area contributed by atoms with Crippen molar-refractivity contribution < 1.29 is 8.42 Å². The highest BCUT2D eigenvalue weighted by Crippen LogP contribution is 2.28.